The van der Waals surface area contributed by atoms with E-state index in [1.807, 2.05) is 12.3 Å². The zero-order chi connectivity index (χ0) is 25.2. The Morgan fingerprint density at radius 3 is 2.35 bits per heavy atom. The summed E-state index contributed by atoms with van der Waals surface area (Å²) >= 11 is 0. The summed E-state index contributed by atoms with van der Waals surface area (Å²) in [5.41, 5.74) is 5.62. The standard InChI is InChI=1S/C30H33N5O2/c1-36-28-18-24-25(26-17-23-9-6-10-31-30(23)32-26)21-35(27(24)19-29(28)37-2)16-15-33-11-13-34(14-12-33)20-22-7-4-3-5-8-22/h3-10,17-19,21H,11-16,20H2,1-2H3,(H,31,32). The summed E-state index contributed by atoms with van der Waals surface area (Å²) in [6.45, 7) is 7.31. The minimum Gasteiger partial charge on any atom is -0.493 e. The Balaban J connectivity index is 1.23. The van der Waals surface area contributed by atoms with Crippen molar-refractivity contribution in [1.29, 1.82) is 0 Å². The number of piperazine rings is 1. The van der Waals surface area contributed by atoms with Crippen LogP contribution >= 0.6 is 0 Å². The zero-order valence-corrected chi connectivity index (χ0v) is 21.5. The third-order valence-corrected chi connectivity index (χ3v) is 7.44. The lowest BCUT2D eigenvalue weighted by atomic mass is 10.1. The maximum absolute atomic E-state index is 5.65. The first kappa shape index (κ1) is 23.6. The van der Waals surface area contributed by atoms with E-state index in [9.17, 15) is 0 Å². The molecule has 0 aliphatic carbocycles. The minimum atomic E-state index is 0.734. The van der Waals surface area contributed by atoms with E-state index < -0.39 is 0 Å². The molecule has 0 unspecified atom stereocenters. The molecule has 0 bridgehead atoms. The van der Waals surface area contributed by atoms with Crippen LogP contribution in [0.5, 0.6) is 11.5 Å². The summed E-state index contributed by atoms with van der Waals surface area (Å²) in [7, 11) is 3.38. The number of H-pyrrole nitrogens is 1. The second-order valence-corrected chi connectivity index (χ2v) is 9.69. The Kier molecular flexibility index (Phi) is 6.55. The van der Waals surface area contributed by atoms with Crippen LogP contribution in [0.4, 0.5) is 0 Å². The number of benzene rings is 2. The summed E-state index contributed by atoms with van der Waals surface area (Å²) in [4.78, 5) is 13.1. The van der Waals surface area contributed by atoms with Gasteiger partial charge in [-0.2, -0.15) is 0 Å². The first-order valence-electron chi connectivity index (χ1n) is 12.9. The number of hydrogen-bond donors (Lipinski definition) is 1. The van der Waals surface area contributed by atoms with E-state index in [4.69, 9.17) is 9.47 Å². The smallest absolute Gasteiger partial charge is 0.162 e. The van der Waals surface area contributed by atoms with Gasteiger partial charge >= 0.3 is 0 Å². The molecule has 1 aliphatic rings. The number of hydrogen-bond acceptors (Lipinski definition) is 5. The number of rotatable bonds is 8. The van der Waals surface area contributed by atoms with Crippen molar-refractivity contribution in [2.45, 2.75) is 13.1 Å². The van der Waals surface area contributed by atoms with Gasteiger partial charge in [0.05, 0.1) is 19.7 Å². The first-order chi connectivity index (χ1) is 18.2. The van der Waals surface area contributed by atoms with Crippen LogP contribution in [0.1, 0.15) is 5.56 Å². The lowest BCUT2D eigenvalue weighted by molar-refractivity contribution is 0.124. The van der Waals surface area contributed by atoms with E-state index in [1.165, 1.54) is 5.56 Å². The molecule has 37 heavy (non-hydrogen) atoms. The summed E-state index contributed by atoms with van der Waals surface area (Å²) < 4.78 is 13.6. The molecule has 1 N–H and O–H groups in total. The van der Waals surface area contributed by atoms with Crippen LogP contribution in [-0.4, -0.2) is 71.3 Å². The fourth-order valence-electron chi connectivity index (χ4n) is 5.38. The van der Waals surface area contributed by atoms with Crippen LogP contribution < -0.4 is 9.47 Å². The molecular formula is C30H33N5O2. The van der Waals surface area contributed by atoms with Crippen LogP contribution in [0.3, 0.4) is 0 Å². The van der Waals surface area contributed by atoms with E-state index >= 15 is 0 Å². The van der Waals surface area contributed by atoms with Crippen LogP contribution in [-0.2, 0) is 13.1 Å². The van der Waals surface area contributed by atoms with Gasteiger partial charge in [-0.05, 0) is 29.8 Å². The number of pyridine rings is 1. The van der Waals surface area contributed by atoms with Crippen molar-refractivity contribution in [3.05, 3.63) is 78.6 Å². The SMILES string of the molecule is COc1cc2c(-c3cc4cccnc4[nH]3)cn(CCN3CCN(Cc4ccccc4)CC3)c2cc1OC. The maximum Gasteiger partial charge on any atom is 0.162 e. The van der Waals surface area contributed by atoms with E-state index in [1.54, 1.807) is 14.2 Å². The lowest BCUT2D eigenvalue weighted by Gasteiger charge is -2.34. The van der Waals surface area contributed by atoms with Gasteiger partial charge < -0.3 is 19.0 Å². The van der Waals surface area contributed by atoms with Gasteiger partial charge in [0.15, 0.2) is 11.5 Å². The molecule has 0 amide bonds. The zero-order valence-electron chi connectivity index (χ0n) is 21.5. The third-order valence-electron chi connectivity index (χ3n) is 7.44. The third kappa shape index (κ3) is 4.80. The molecule has 0 saturated carbocycles. The second kappa shape index (κ2) is 10.3. The molecule has 190 valence electrons. The van der Waals surface area contributed by atoms with Crippen LogP contribution in [0.2, 0.25) is 0 Å². The van der Waals surface area contributed by atoms with Crippen molar-refractivity contribution < 1.29 is 9.47 Å². The molecule has 6 rings (SSSR count). The Labute approximate surface area is 217 Å². The van der Waals surface area contributed by atoms with Crippen molar-refractivity contribution in [2.24, 2.45) is 0 Å². The molecule has 3 aromatic heterocycles. The summed E-state index contributed by atoms with van der Waals surface area (Å²) in [6, 6.07) is 21.2. The molecule has 4 heterocycles. The normalized spacial score (nSPS) is 15.0. The highest BCUT2D eigenvalue weighted by molar-refractivity contribution is 5.99. The highest BCUT2D eigenvalue weighted by Crippen LogP contribution is 2.38. The van der Waals surface area contributed by atoms with Crippen molar-refractivity contribution in [1.82, 2.24) is 24.3 Å². The fraction of sp³-hybridized carbons (Fsp3) is 0.300. The monoisotopic (exact) mass is 495 g/mol. The van der Waals surface area contributed by atoms with Crippen molar-refractivity contribution in [3.63, 3.8) is 0 Å². The van der Waals surface area contributed by atoms with Gasteiger partial charge in [0.2, 0.25) is 0 Å². The number of aromatic nitrogens is 3. The first-order valence-corrected chi connectivity index (χ1v) is 12.9. The predicted octanol–water partition coefficient (Wildman–Crippen LogP) is 5.02. The van der Waals surface area contributed by atoms with E-state index in [2.05, 4.69) is 85.1 Å². The molecule has 1 fully saturated rings. The van der Waals surface area contributed by atoms with Gasteiger partial charge in [0.25, 0.3) is 0 Å². The van der Waals surface area contributed by atoms with Crippen LogP contribution in [0, 0.1) is 0 Å². The second-order valence-electron chi connectivity index (χ2n) is 9.69. The molecule has 1 aliphatic heterocycles. The molecule has 7 heteroatoms. The predicted molar refractivity (Wildman–Crippen MR) is 148 cm³/mol. The Morgan fingerprint density at radius 1 is 0.838 bits per heavy atom. The number of fused-ring (bicyclic) bond motifs is 2. The molecular weight excluding hydrogens is 462 g/mol. The molecule has 0 radical (unpaired) electrons. The highest BCUT2D eigenvalue weighted by atomic mass is 16.5. The minimum absolute atomic E-state index is 0.734. The average molecular weight is 496 g/mol. The molecule has 2 aromatic carbocycles. The van der Waals surface area contributed by atoms with Gasteiger partial charge in [0, 0.05) is 86.3 Å². The number of nitrogens with one attached hydrogen (secondary N) is 1. The molecule has 0 atom stereocenters. The number of ether oxygens (including phenoxy) is 2. The van der Waals surface area contributed by atoms with Gasteiger partial charge in [-0.1, -0.05) is 30.3 Å². The Morgan fingerprint density at radius 2 is 1.59 bits per heavy atom. The van der Waals surface area contributed by atoms with E-state index in [-0.39, 0.29) is 0 Å². The largest absolute Gasteiger partial charge is 0.493 e. The average Bonchev–Trinajstić information content (AvgIpc) is 3.53. The Hall–Kier alpha value is -3.81. The van der Waals surface area contributed by atoms with Crippen LogP contribution in [0.25, 0.3) is 33.2 Å². The van der Waals surface area contributed by atoms with Gasteiger partial charge in [-0.25, -0.2) is 4.98 Å². The molecule has 5 aromatic rings. The maximum atomic E-state index is 5.65. The topological polar surface area (TPSA) is 58.5 Å². The molecule has 7 nitrogen and oxygen atoms in total. The lowest BCUT2D eigenvalue weighted by Crippen LogP contribution is -2.46. The molecule has 1 saturated heterocycles. The number of methoxy groups -OCH3 is 2. The number of aromatic amines is 1. The van der Waals surface area contributed by atoms with Crippen molar-refractivity contribution >= 4 is 21.9 Å². The van der Waals surface area contributed by atoms with Gasteiger partial charge in [-0.3, -0.25) is 9.80 Å². The van der Waals surface area contributed by atoms with Crippen molar-refractivity contribution in [3.8, 4) is 22.8 Å². The number of nitrogens with zero attached hydrogens (tertiary/aromatic N) is 4. The highest BCUT2D eigenvalue weighted by Gasteiger charge is 2.20. The van der Waals surface area contributed by atoms with Crippen LogP contribution in [0.15, 0.2) is 73.1 Å². The fourth-order valence-corrected chi connectivity index (χ4v) is 5.38. The summed E-state index contributed by atoms with van der Waals surface area (Å²) in [5.74, 6) is 1.48. The van der Waals surface area contributed by atoms with Gasteiger partial charge in [-0.15, -0.1) is 0 Å². The van der Waals surface area contributed by atoms with Gasteiger partial charge in [0.1, 0.15) is 5.65 Å². The Bertz CT molecular complexity index is 1470. The summed E-state index contributed by atoms with van der Waals surface area (Å²) in [5, 5.41) is 2.24. The van der Waals surface area contributed by atoms with E-state index in [0.29, 0.717) is 0 Å². The quantitative estimate of drug-likeness (QED) is 0.328. The summed E-state index contributed by atoms with van der Waals surface area (Å²) in [6.07, 6.45) is 4.07. The molecule has 0 spiro atoms. The van der Waals surface area contributed by atoms with Crippen molar-refractivity contribution in [2.75, 3.05) is 46.9 Å². The van der Waals surface area contributed by atoms with E-state index in [0.717, 1.165) is 90.5 Å².